The van der Waals surface area contributed by atoms with Crippen LogP contribution in [0.15, 0.2) is 48.5 Å². The number of hydrogen-bond acceptors (Lipinski definition) is 4. The van der Waals surface area contributed by atoms with Crippen molar-refractivity contribution in [2.75, 3.05) is 6.61 Å². The molecule has 0 spiro atoms. The molecule has 4 heteroatoms. The molecule has 2 aromatic rings. The van der Waals surface area contributed by atoms with Gasteiger partial charge in [0.25, 0.3) is 0 Å². The smallest absolute Gasteiger partial charge is 0.318 e. The Bertz CT molecular complexity index is 750. The van der Waals surface area contributed by atoms with Gasteiger partial charge in [-0.25, -0.2) is 0 Å². The maximum absolute atomic E-state index is 12.9. The van der Waals surface area contributed by atoms with Gasteiger partial charge in [0, 0.05) is 0 Å². The number of fused-ring (bicyclic) bond motifs is 3. The van der Waals surface area contributed by atoms with Gasteiger partial charge in [-0.15, -0.1) is 0 Å². The van der Waals surface area contributed by atoms with Crippen LogP contribution in [0.2, 0.25) is 0 Å². The van der Waals surface area contributed by atoms with Crippen molar-refractivity contribution < 1.29 is 19.1 Å². The van der Waals surface area contributed by atoms with E-state index in [0.29, 0.717) is 6.61 Å². The molecule has 0 amide bonds. The minimum absolute atomic E-state index is 0.313. The monoisotopic (exact) mass is 338 g/mol. The number of carbonyl (C=O) groups is 2. The molecule has 2 atom stereocenters. The van der Waals surface area contributed by atoms with Crippen molar-refractivity contribution in [2.24, 2.45) is 5.92 Å². The van der Waals surface area contributed by atoms with E-state index in [2.05, 4.69) is 0 Å². The van der Waals surface area contributed by atoms with E-state index < -0.39 is 17.9 Å². The van der Waals surface area contributed by atoms with Crippen LogP contribution in [0.3, 0.4) is 0 Å². The Hall–Kier alpha value is -2.62. The van der Waals surface area contributed by atoms with E-state index in [1.54, 1.807) is 20.8 Å². The van der Waals surface area contributed by atoms with Crippen molar-refractivity contribution in [2.45, 2.75) is 32.8 Å². The van der Waals surface area contributed by atoms with Crippen LogP contribution in [0.4, 0.5) is 0 Å². The second-order valence-corrected chi connectivity index (χ2v) is 6.29. The number of benzene rings is 2. The molecule has 0 bridgehead atoms. The van der Waals surface area contributed by atoms with Crippen LogP contribution in [0.5, 0.6) is 0 Å². The topological polar surface area (TPSA) is 52.6 Å². The van der Waals surface area contributed by atoms with Crippen molar-refractivity contribution >= 4 is 11.9 Å². The molecule has 0 saturated heterocycles. The molecule has 3 rings (SSSR count). The van der Waals surface area contributed by atoms with Gasteiger partial charge in [-0.1, -0.05) is 48.5 Å². The molecule has 0 fully saturated rings. The summed E-state index contributed by atoms with van der Waals surface area (Å²) in [7, 11) is 0. The van der Waals surface area contributed by atoms with Crippen molar-refractivity contribution in [3.8, 4) is 11.1 Å². The van der Waals surface area contributed by atoms with E-state index in [0.717, 1.165) is 22.3 Å². The number of ether oxygens (including phenoxy) is 2. The average Bonchev–Trinajstić information content (AvgIpc) is 2.95. The molecule has 0 aliphatic heterocycles. The summed E-state index contributed by atoms with van der Waals surface area (Å²) in [6.07, 6.45) is -0.550. The van der Waals surface area contributed by atoms with Gasteiger partial charge < -0.3 is 9.47 Å². The van der Waals surface area contributed by atoms with Crippen molar-refractivity contribution in [1.29, 1.82) is 0 Å². The lowest BCUT2D eigenvalue weighted by molar-refractivity contribution is -0.160. The summed E-state index contributed by atoms with van der Waals surface area (Å²) in [6.45, 7) is 5.51. The van der Waals surface area contributed by atoms with Gasteiger partial charge in [-0.2, -0.15) is 0 Å². The molecule has 0 saturated carbocycles. The standard InChI is InChI=1S/C21H22O4/c1-4-24-20(22)13(2)14(3)25-21(23)19-17-11-7-5-9-15(17)16-10-6-8-12-18(16)19/h5-14,19H,4H2,1-3H3. The largest absolute Gasteiger partial charge is 0.466 e. The summed E-state index contributed by atoms with van der Waals surface area (Å²) in [6, 6.07) is 15.7. The molecule has 25 heavy (non-hydrogen) atoms. The van der Waals surface area contributed by atoms with Gasteiger partial charge in [0.15, 0.2) is 0 Å². The highest BCUT2D eigenvalue weighted by Gasteiger charge is 2.36. The zero-order chi connectivity index (χ0) is 18.0. The van der Waals surface area contributed by atoms with Crippen molar-refractivity contribution in [3.63, 3.8) is 0 Å². The van der Waals surface area contributed by atoms with Crippen LogP contribution in [-0.4, -0.2) is 24.6 Å². The van der Waals surface area contributed by atoms with Crippen LogP contribution >= 0.6 is 0 Å². The normalized spacial score (nSPS) is 15.0. The zero-order valence-electron chi connectivity index (χ0n) is 14.7. The summed E-state index contributed by atoms with van der Waals surface area (Å²) in [5.74, 6) is -1.64. The predicted octanol–water partition coefficient (Wildman–Crippen LogP) is 3.93. The zero-order valence-corrected chi connectivity index (χ0v) is 14.7. The molecule has 0 aromatic heterocycles. The molecule has 130 valence electrons. The number of rotatable bonds is 5. The number of esters is 2. The fourth-order valence-corrected chi connectivity index (χ4v) is 3.23. The molecule has 2 unspecified atom stereocenters. The second kappa shape index (κ2) is 7.09. The minimum atomic E-state index is -0.550. The lowest BCUT2D eigenvalue weighted by atomic mass is 9.97. The summed E-state index contributed by atoms with van der Waals surface area (Å²) < 4.78 is 10.7. The summed E-state index contributed by atoms with van der Waals surface area (Å²) in [4.78, 5) is 24.8. The minimum Gasteiger partial charge on any atom is -0.466 e. The third kappa shape index (κ3) is 3.16. The van der Waals surface area contributed by atoms with Gasteiger partial charge in [-0.3, -0.25) is 9.59 Å². The van der Waals surface area contributed by atoms with Gasteiger partial charge in [0.1, 0.15) is 12.0 Å². The van der Waals surface area contributed by atoms with Gasteiger partial charge in [0.2, 0.25) is 0 Å². The van der Waals surface area contributed by atoms with E-state index in [1.807, 2.05) is 48.5 Å². The van der Waals surface area contributed by atoms with E-state index in [9.17, 15) is 9.59 Å². The molecule has 2 aromatic carbocycles. The van der Waals surface area contributed by atoms with Crippen LogP contribution in [0, 0.1) is 5.92 Å². The van der Waals surface area contributed by atoms with Gasteiger partial charge >= 0.3 is 11.9 Å². The maximum atomic E-state index is 12.9. The third-order valence-corrected chi connectivity index (χ3v) is 4.73. The molecular weight excluding hydrogens is 316 g/mol. The molecule has 0 N–H and O–H groups in total. The van der Waals surface area contributed by atoms with Gasteiger partial charge in [0.05, 0.1) is 12.5 Å². The predicted molar refractivity (Wildman–Crippen MR) is 95.1 cm³/mol. The van der Waals surface area contributed by atoms with Crippen LogP contribution in [-0.2, 0) is 19.1 Å². The number of carbonyl (C=O) groups excluding carboxylic acids is 2. The van der Waals surface area contributed by atoms with Crippen molar-refractivity contribution in [1.82, 2.24) is 0 Å². The van der Waals surface area contributed by atoms with E-state index in [-0.39, 0.29) is 11.9 Å². The highest BCUT2D eigenvalue weighted by atomic mass is 16.6. The average molecular weight is 338 g/mol. The Labute approximate surface area is 147 Å². The summed E-state index contributed by atoms with van der Waals surface area (Å²) in [5.41, 5.74) is 4.02. The Morgan fingerprint density at radius 2 is 1.48 bits per heavy atom. The second-order valence-electron chi connectivity index (χ2n) is 6.29. The van der Waals surface area contributed by atoms with Crippen LogP contribution < -0.4 is 0 Å². The van der Waals surface area contributed by atoms with Crippen LogP contribution in [0.25, 0.3) is 11.1 Å². The van der Waals surface area contributed by atoms with E-state index in [1.165, 1.54) is 0 Å². The Kier molecular flexibility index (Phi) is 4.88. The first-order valence-corrected chi connectivity index (χ1v) is 8.60. The van der Waals surface area contributed by atoms with Crippen LogP contribution in [0.1, 0.15) is 37.8 Å². The first-order chi connectivity index (χ1) is 12.0. The first kappa shape index (κ1) is 17.2. The lowest BCUT2D eigenvalue weighted by Crippen LogP contribution is -2.31. The maximum Gasteiger partial charge on any atom is 0.318 e. The lowest BCUT2D eigenvalue weighted by Gasteiger charge is -2.21. The van der Waals surface area contributed by atoms with E-state index in [4.69, 9.17) is 9.47 Å². The molecular formula is C21H22O4. The highest BCUT2D eigenvalue weighted by Crippen LogP contribution is 2.45. The third-order valence-electron chi connectivity index (χ3n) is 4.73. The quantitative estimate of drug-likeness (QED) is 0.775. The Morgan fingerprint density at radius 3 is 2.00 bits per heavy atom. The molecule has 0 heterocycles. The van der Waals surface area contributed by atoms with Gasteiger partial charge in [-0.05, 0) is 43.0 Å². The Balaban J connectivity index is 1.84. The van der Waals surface area contributed by atoms with Crippen molar-refractivity contribution in [3.05, 3.63) is 59.7 Å². The number of hydrogen-bond donors (Lipinski definition) is 0. The summed E-state index contributed by atoms with van der Waals surface area (Å²) >= 11 is 0. The fraction of sp³-hybridized carbons (Fsp3) is 0.333. The molecule has 1 aliphatic carbocycles. The first-order valence-electron chi connectivity index (χ1n) is 8.60. The highest BCUT2D eigenvalue weighted by molar-refractivity contribution is 5.93. The fourth-order valence-electron chi connectivity index (χ4n) is 3.23. The molecule has 1 aliphatic rings. The Morgan fingerprint density at radius 1 is 0.960 bits per heavy atom. The molecule has 4 nitrogen and oxygen atoms in total. The molecule has 0 radical (unpaired) electrons. The SMILES string of the molecule is CCOC(=O)C(C)C(C)OC(=O)C1c2ccccc2-c2ccccc21. The van der Waals surface area contributed by atoms with E-state index >= 15 is 0 Å². The summed E-state index contributed by atoms with van der Waals surface area (Å²) in [5, 5.41) is 0.